The lowest BCUT2D eigenvalue weighted by Gasteiger charge is -2.14. The van der Waals surface area contributed by atoms with Gasteiger partial charge in [-0.3, -0.25) is 4.90 Å². The van der Waals surface area contributed by atoms with Crippen molar-refractivity contribution in [3.63, 3.8) is 0 Å². The van der Waals surface area contributed by atoms with Crippen molar-refractivity contribution in [3.8, 4) is 6.07 Å². The summed E-state index contributed by atoms with van der Waals surface area (Å²) in [5.41, 5.74) is 0. The maximum Gasteiger partial charge on any atom is 0.240 e. The quantitative estimate of drug-likeness (QED) is 0.680. The van der Waals surface area contributed by atoms with Crippen LogP contribution in [0.3, 0.4) is 0 Å². The van der Waals surface area contributed by atoms with Crippen LogP contribution < -0.4 is 0 Å². The zero-order valence-electron chi connectivity index (χ0n) is 9.52. The summed E-state index contributed by atoms with van der Waals surface area (Å²) in [6.45, 7) is 3.13. The van der Waals surface area contributed by atoms with E-state index in [4.69, 9.17) is 9.78 Å². The van der Waals surface area contributed by atoms with Crippen molar-refractivity contribution in [2.24, 2.45) is 0 Å². The summed E-state index contributed by atoms with van der Waals surface area (Å²) < 4.78 is 5.16. The predicted octanol–water partition coefficient (Wildman–Crippen LogP) is 1.51. The van der Waals surface area contributed by atoms with Crippen molar-refractivity contribution in [2.75, 3.05) is 6.54 Å². The Balaban J connectivity index is 1.93. The molecule has 0 N–H and O–H groups in total. The van der Waals surface area contributed by atoms with E-state index in [1.807, 2.05) is 0 Å². The molecule has 0 amide bonds. The first-order valence-corrected chi connectivity index (χ1v) is 5.76. The first-order chi connectivity index (χ1) is 7.83. The van der Waals surface area contributed by atoms with Gasteiger partial charge < -0.3 is 4.52 Å². The molecule has 1 aromatic heterocycles. The second kappa shape index (κ2) is 5.08. The molecule has 1 saturated carbocycles. The fourth-order valence-electron chi connectivity index (χ4n) is 1.70. The van der Waals surface area contributed by atoms with Crippen LogP contribution in [0.25, 0.3) is 0 Å². The molecule has 0 saturated heterocycles. The minimum Gasteiger partial charge on any atom is -0.338 e. The van der Waals surface area contributed by atoms with E-state index in [0.717, 1.165) is 18.7 Å². The molecule has 16 heavy (non-hydrogen) atoms. The summed E-state index contributed by atoms with van der Waals surface area (Å²) in [4.78, 5) is 6.40. The first-order valence-electron chi connectivity index (χ1n) is 5.76. The first kappa shape index (κ1) is 11.1. The van der Waals surface area contributed by atoms with Crippen LogP contribution in [0.5, 0.6) is 0 Å². The lowest BCUT2D eigenvalue weighted by molar-refractivity contribution is 0.239. The number of nitrogens with zero attached hydrogens (tertiary/aromatic N) is 4. The summed E-state index contributed by atoms with van der Waals surface area (Å²) in [5, 5.41) is 12.6. The van der Waals surface area contributed by atoms with Gasteiger partial charge in [-0.25, -0.2) is 0 Å². The third-order valence-corrected chi connectivity index (χ3v) is 2.66. The number of hydrogen-bond acceptors (Lipinski definition) is 5. The summed E-state index contributed by atoms with van der Waals surface area (Å²) in [6, 6.07) is 2.72. The standard InChI is InChI=1S/C11H16N4O/c1-2-3-10-13-11(16-14-10)8-15(7-6-12)9-4-5-9/h9H,2-5,7-8H2,1H3. The monoisotopic (exact) mass is 220 g/mol. The summed E-state index contributed by atoms with van der Waals surface area (Å²) >= 11 is 0. The molecule has 0 spiro atoms. The lowest BCUT2D eigenvalue weighted by Crippen LogP contribution is -2.26. The lowest BCUT2D eigenvalue weighted by atomic mass is 10.3. The van der Waals surface area contributed by atoms with Crippen molar-refractivity contribution < 1.29 is 4.52 Å². The SMILES string of the molecule is CCCc1noc(CN(CC#N)C2CC2)n1. The van der Waals surface area contributed by atoms with E-state index in [1.165, 1.54) is 12.8 Å². The van der Waals surface area contributed by atoms with Crippen LogP contribution in [-0.4, -0.2) is 27.6 Å². The molecule has 0 aromatic carbocycles. The maximum absolute atomic E-state index is 8.72. The normalized spacial score (nSPS) is 15.3. The minimum atomic E-state index is 0.441. The zero-order valence-corrected chi connectivity index (χ0v) is 9.52. The molecular weight excluding hydrogens is 204 g/mol. The maximum atomic E-state index is 8.72. The van der Waals surface area contributed by atoms with Crippen LogP contribution in [0.1, 0.15) is 37.9 Å². The van der Waals surface area contributed by atoms with E-state index >= 15 is 0 Å². The number of nitriles is 1. The molecular formula is C11H16N4O. The van der Waals surface area contributed by atoms with Crippen molar-refractivity contribution in [1.82, 2.24) is 15.0 Å². The van der Waals surface area contributed by atoms with Gasteiger partial charge >= 0.3 is 0 Å². The van der Waals surface area contributed by atoms with Crippen molar-refractivity contribution >= 4 is 0 Å². The Bertz CT molecular complexity index is 378. The molecule has 0 radical (unpaired) electrons. The minimum absolute atomic E-state index is 0.441. The summed E-state index contributed by atoms with van der Waals surface area (Å²) in [7, 11) is 0. The average molecular weight is 220 g/mol. The predicted molar refractivity (Wildman–Crippen MR) is 57.3 cm³/mol. The summed E-state index contributed by atoms with van der Waals surface area (Å²) in [6.07, 6.45) is 4.23. The Morgan fingerprint density at radius 2 is 2.38 bits per heavy atom. The van der Waals surface area contributed by atoms with E-state index < -0.39 is 0 Å². The van der Waals surface area contributed by atoms with Gasteiger partial charge in [-0.2, -0.15) is 10.2 Å². The zero-order chi connectivity index (χ0) is 11.4. The Morgan fingerprint density at radius 3 is 3.00 bits per heavy atom. The average Bonchev–Trinajstić information content (AvgIpc) is 3.02. The topological polar surface area (TPSA) is 66.0 Å². The van der Waals surface area contributed by atoms with Gasteiger partial charge in [-0.05, 0) is 19.3 Å². The smallest absolute Gasteiger partial charge is 0.240 e. The van der Waals surface area contributed by atoms with Crippen molar-refractivity contribution in [1.29, 1.82) is 5.26 Å². The Kier molecular flexibility index (Phi) is 3.52. The molecule has 86 valence electrons. The number of aromatic nitrogens is 2. The molecule has 1 aliphatic rings. The third-order valence-electron chi connectivity index (χ3n) is 2.66. The Hall–Kier alpha value is -1.41. The highest BCUT2D eigenvalue weighted by atomic mass is 16.5. The molecule has 1 aliphatic carbocycles. The van der Waals surface area contributed by atoms with Gasteiger partial charge in [0.2, 0.25) is 5.89 Å². The van der Waals surface area contributed by atoms with Gasteiger partial charge in [0.1, 0.15) is 0 Å². The molecule has 0 atom stereocenters. The van der Waals surface area contributed by atoms with Gasteiger partial charge in [0.25, 0.3) is 0 Å². The Labute approximate surface area is 95.0 Å². The van der Waals surface area contributed by atoms with Crippen LogP contribution in [0.15, 0.2) is 4.52 Å². The van der Waals surface area contributed by atoms with E-state index in [-0.39, 0.29) is 0 Å². The van der Waals surface area contributed by atoms with Gasteiger partial charge in [0, 0.05) is 12.5 Å². The van der Waals surface area contributed by atoms with E-state index in [0.29, 0.717) is 25.0 Å². The fourth-order valence-corrected chi connectivity index (χ4v) is 1.70. The van der Waals surface area contributed by atoms with E-state index in [2.05, 4.69) is 28.0 Å². The van der Waals surface area contributed by atoms with Gasteiger partial charge in [0.15, 0.2) is 5.82 Å². The van der Waals surface area contributed by atoms with Crippen LogP contribution in [0.4, 0.5) is 0 Å². The highest BCUT2D eigenvalue weighted by molar-refractivity contribution is 4.93. The van der Waals surface area contributed by atoms with Crippen LogP contribution in [-0.2, 0) is 13.0 Å². The molecule has 5 nitrogen and oxygen atoms in total. The van der Waals surface area contributed by atoms with Crippen LogP contribution in [0.2, 0.25) is 0 Å². The fraction of sp³-hybridized carbons (Fsp3) is 0.727. The van der Waals surface area contributed by atoms with Crippen molar-refractivity contribution in [3.05, 3.63) is 11.7 Å². The van der Waals surface area contributed by atoms with Crippen molar-refractivity contribution in [2.45, 2.75) is 45.2 Å². The number of aryl methyl sites for hydroxylation is 1. The van der Waals surface area contributed by atoms with E-state index in [1.54, 1.807) is 0 Å². The molecule has 1 aromatic rings. The van der Waals surface area contributed by atoms with Gasteiger partial charge in [-0.15, -0.1) is 0 Å². The van der Waals surface area contributed by atoms with Gasteiger partial charge in [0.05, 0.1) is 19.2 Å². The van der Waals surface area contributed by atoms with Crippen LogP contribution in [0, 0.1) is 11.3 Å². The van der Waals surface area contributed by atoms with E-state index in [9.17, 15) is 0 Å². The molecule has 5 heteroatoms. The highest BCUT2D eigenvalue weighted by Crippen LogP contribution is 2.27. The van der Waals surface area contributed by atoms with Crippen LogP contribution >= 0.6 is 0 Å². The summed E-state index contributed by atoms with van der Waals surface area (Å²) in [5.74, 6) is 1.40. The second-order valence-electron chi connectivity index (χ2n) is 4.15. The third kappa shape index (κ3) is 2.80. The highest BCUT2D eigenvalue weighted by Gasteiger charge is 2.29. The number of rotatable bonds is 6. The largest absolute Gasteiger partial charge is 0.338 e. The molecule has 1 heterocycles. The molecule has 0 unspecified atom stereocenters. The molecule has 0 aliphatic heterocycles. The molecule has 2 rings (SSSR count). The molecule has 1 fully saturated rings. The second-order valence-corrected chi connectivity index (χ2v) is 4.15. The Morgan fingerprint density at radius 1 is 1.56 bits per heavy atom. The van der Waals surface area contributed by atoms with Gasteiger partial charge in [-0.1, -0.05) is 12.1 Å². The molecule has 0 bridgehead atoms. The number of hydrogen-bond donors (Lipinski definition) is 0.